The van der Waals surface area contributed by atoms with Crippen LogP contribution in [0, 0.1) is 54.3 Å². The van der Waals surface area contributed by atoms with Gasteiger partial charge in [0.2, 0.25) is 0 Å². The van der Waals surface area contributed by atoms with Gasteiger partial charge in [0.1, 0.15) is 0 Å². The van der Waals surface area contributed by atoms with Gasteiger partial charge in [-0.2, -0.15) is 0 Å². The van der Waals surface area contributed by atoms with E-state index in [1.54, 1.807) is 6.92 Å². The molecule has 0 radical (unpaired) electrons. The van der Waals surface area contributed by atoms with Crippen molar-refractivity contribution in [2.45, 2.75) is 109 Å². The number of benzene rings is 2. The molecule has 2 aromatic rings. The quantitative estimate of drug-likeness (QED) is 0.155. The summed E-state index contributed by atoms with van der Waals surface area (Å²) in [4.78, 5) is 42.6. The number of hydrogen-bond acceptors (Lipinski definition) is 4. The first-order chi connectivity index (χ1) is 21.8. The maximum absolute atomic E-state index is 11.0. The van der Waals surface area contributed by atoms with Crippen molar-refractivity contribution in [2.24, 2.45) is 47.3 Å². The van der Waals surface area contributed by atoms with Gasteiger partial charge < -0.3 is 20.4 Å². The third-order valence-electron chi connectivity index (χ3n) is 8.23. The van der Waals surface area contributed by atoms with Crippen LogP contribution in [0.15, 0.2) is 54.6 Å². The minimum absolute atomic E-state index is 0. The monoisotopic (exact) mass is 674 g/mol. The molecule has 0 aliphatic rings. The molecule has 4 N–H and O–H groups in total. The molecule has 0 aliphatic carbocycles. The Morgan fingerprint density at radius 2 is 0.875 bits per heavy atom. The van der Waals surface area contributed by atoms with Crippen molar-refractivity contribution in [2.75, 3.05) is 0 Å². The zero-order valence-corrected chi connectivity index (χ0v) is 30.6. The van der Waals surface area contributed by atoms with E-state index in [9.17, 15) is 19.2 Å². The molecule has 2 aromatic carbocycles. The molecule has 0 aliphatic heterocycles. The average molecular weight is 675 g/mol. The smallest absolute Gasteiger partial charge is 0.307 e. The van der Waals surface area contributed by atoms with E-state index in [0.29, 0.717) is 12.8 Å². The predicted octanol–water partition coefficient (Wildman–Crippen LogP) is 9.62. The van der Waals surface area contributed by atoms with Gasteiger partial charge in [0.05, 0.1) is 23.7 Å². The minimum atomic E-state index is -0.708. The SMILES string of the molecule is C.CC(C)[C@@H](C)C(=O)O.CC(C)[C@@H](Cc1ccccc1)C(=O)O.CCC[C@@H](C(=O)O)C(C)C.Cc1ccc(C[C@@H](C(=O)O)C(C)C)cc1. The fourth-order valence-corrected chi connectivity index (χ4v) is 4.40. The molecule has 0 spiro atoms. The lowest BCUT2D eigenvalue weighted by Crippen LogP contribution is -2.22. The molecule has 0 saturated carbocycles. The van der Waals surface area contributed by atoms with Gasteiger partial charge in [0, 0.05) is 0 Å². The number of aliphatic carboxylic acids is 4. The fraction of sp³-hybridized carbons (Fsp3) is 0.600. The molecule has 0 heterocycles. The van der Waals surface area contributed by atoms with Crippen LogP contribution in [0.3, 0.4) is 0 Å². The van der Waals surface area contributed by atoms with Gasteiger partial charge in [0.25, 0.3) is 0 Å². The van der Waals surface area contributed by atoms with Gasteiger partial charge in [0.15, 0.2) is 0 Å². The molecule has 0 amide bonds. The molecule has 8 nitrogen and oxygen atoms in total. The highest BCUT2D eigenvalue weighted by Gasteiger charge is 2.22. The van der Waals surface area contributed by atoms with E-state index in [1.165, 1.54) is 5.56 Å². The first kappa shape index (κ1) is 48.7. The minimum Gasteiger partial charge on any atom is -0.481 e. The summed E-state index contributed by atoms with van der Waals surface area (Å²) in [5.74, 6) is -2.85. The van der Waals surface area contributed by atoms with Crippen molar-refractivity contribution in [3.05, 3.63) is 71.3 Å². The highest BCUT2D eigenvalue weighted by atomic mass is 16.4. The Morgan fingerprint density at radius 3 is 1.10 bits per heavy atom. The lowest BCUT2D eigenvalue weighted by Gasteiger charge is -2.16. The molecule has 4 atom stereocenters. The second-order valence-corrected chi connectivity index (χ2v) is 13.6. The summed E-state index contributed by atoms with van der Waals surface area (Å²) in [6.07, 6.45) is 2.99. The number of carboxylic acids is 4. The van der Waals surface area contributed by atoms with Crippen molar-refractivity contribution in [3.8, 4) is 0 Å². The summed E-state index contributed by atoms with van der Waals surface area (Å²) < 4.78 is 0. The zero-order chi connectivity index (χ0) is 36.9. The van der Waals surface area contributed by atoms with Gasteiger partial charge in [-0.1, -0.05) is 143 Å². The largest absolute Gasteiger partial charge is 0.481 e. The van der Waals surface area contributed by atoms with Crippen LogP contribution >= 0.6 is 0 Å². The van der Waals surface area contributed by atoms with Gasteiger partial charge in [-0.05, 0) is 61.0 Å². The highest BCUT2D eigenvalue weighted by Crippen LogP contribution is 2.19. The number of rotatable bonds is 14. The van der Waals surface area contributed by atoms with E-state index in [4.69, 9.17) is 20.4 Å². The van der Waals surface area contributed by atoms with Crippen molar-refractivity contribution in [3.63, 3.8) is 0 Å². The van der Waals surface area contributed by atoms with Crippen LogP contribution in [0.4, 0.5) is 0 Å². The summed E-state index contributed by atoms with van der Waals surface area (Å²) in [6, 6.07) is 17.8. The summed E-state index contributed by atoms with van der Waals surface area (Å²) in [7, 11) is 0. The fourth-order valence-electron chi connectivity index (χ4n) is 4.40. The Labute approximate surface area is 291 Å². The second kappa shape index (κ2) is 26.3. The maximum atomic E-state index is 11.0. The topological polar surface area (TPSA) is 149 Å². The number of aryl methyl sites for hydroxylation is 1. The first-order valence-electron chi connectivity index (χ1n) is 16.8. The Bertz CT molecular complexity index is 1150. The summed E-state index contributed by atoms with van der Waals surface area (Å²) in [5, 5.41) is 35.1. The van der Waals surface area contributed by atoms with Gasteiger partial charge in [-0.25, -0.2) is 0 Å². The number of hydrogen-bond donors (Lipinski definition) is 4. The lowest BCUT2D eigenvalue weighted by atomic mass is 9.89. The van der Waals surface area contributed by atoms with E-state index in [2.05, 4.69) is 0 Å². The predicted molar refractivity (Wildman–Crippen MR) is 196 cm³/mol. The van der Waals surface area contributed by atoms with Crippen LogP contribution in [0.1, 0.15) is 106 Å². The third-order valence-corrected chi connectivity index (χ3v) is 8.23. The van der Waals surface area contributed by atoms with Crippen LogP contribution in [-0.4, -0.2) is 44.3 Å². The number of carbonyl (C=O) groups is 4. The molecule has 2 rings (SSSR count). The molecular weight excluding hydrogens is 608 g/mol. The zero-order valence-electron chi connectivity index (χ0n) is 30.6. The highest BCUT2D eigenvalue weighted by molar-refractivity contribution is 5.71. The van der Waals surface area contributed by atoms with E-state index >= 15 is 0 Å². The molecule has 0 bridgehead atoms. The molecule has 0 fully saturated rings. The van der Waals surface area contributed by atoms with E-state index in [0.717, 1.165) is 24.0 Å². The Balaban J connectivity index is -0.000000575. The Morgan fingerprint density at radius 1 is 0.521 bits per heavy atom. The van der Waals surface area contributed by atoms with E-state index in [1.807, 2.05) is 124 Å². The van der Waals surface area contributed by atoms with Gasteiger partial charge >= 0.3 is 23.9 Å². The molecule has 0 aromatic heterocycles. The normalized spacial score (nSPS) is 12.9. The van der Waals surface area contributed by atoms with Crippen molar-refractivity contribution >= 4 is 23.9 Å². The molecule has 0 unspecified atom stereocenters. The van der Waals surface area contributed by atoms with Crippen molar-refractivity contribution < 1.29 is 39.6 Å². The first-order valence-corrected chi connectivity index (χ1v) is 16.8. The Kier molecular flexibility index (Phi) is 26.7. The summed E-state index contributed by atoms with van der Waals surface area (Å²) in [6.45, 7) is 21.3. The van der Waals surface area contributed by atoms with Gasteiger partial charge in [-0.15, -0.1) is 0 Å². The van der Waals surface area contributed by atoms with Crippen LogP contribution in [0.2, 0.25) is 0 Å². The van der Waals surface area contributed by atoms with Crippen LogP contribution < -0.4 is 0 Å². The standard InChI is InChI=1S/C13H18O2.C12H16O2.C8H16O2.C6H12O2.CH4/c1-9(2)12(13(14)15)8-11-6-4-10(3)5-7-11;1-9(2)11(12(13)14)8-10-6-4-3-5-7-10;1-4-5-7(6(2)3)8(9)10;1-4(2)5(3)6(7)8;/h4-7,9,12H,8H2,1-3H3,(H,14,15);3-7,9,11H,8H2,1-2H3,(H,13,14);6-7H,4-5H2,1-3H3,(H,9,10);4-5H,1-3H3,(H,7,8);1H4/t12-;11-;7-;5-;/m1111./s1. The van der Waals surface area contributed by atoms with Crippen LogP contribution in [0.25, 0.3) is 0 Å². The van der Waals surface area contributed by atoms with Crippen molar-refractivity contribution in [1.82, 2.24) is 0 Å². The lowest BCUT2D eigenvalue weighted by molar-refractivity contribution is -0.144. The Hall–Kier alpha value is -3.68. The molecule has 274 valence electrons. The summed E-state index contributed by atoms with van der Waals surface area (Å²) >= 11 is 0. The van der Waals surface area contributed by atoms with Gasteiger partial charge in [-0.3, -0.25) is 19.2 Å². The maximum Gasteiger partial charge on any atom is 0.307 e. The molecule has 8 heteroatoms. The van der Waals surface area contributed by atoms with Crippen LogP contribution in [0.5, 0.6) is 0 Å². The summed E-state index contributed by atoms with van der Waals surface area (Å²) in [5.41, 5.74) is 3.39. The third kappa shape index (κ3) is 22.0. The molecule has 48 heavy (non-hydrogen) atoms. The van der Waals surface area contributed by atoms with E-state index < -0.39 is 23.9 Å². The number of carboxylic acid groups (broad SMARTS) is 4. The molecular formula is C40H66O8. The molecule has 0 saturated heterocycles. The van der Waals surface area contributed by atoms with Crippen LogP contribution in [-0.2, 0) is 32.0 Å². The average Bonchev–Trinajstić information content (AvgIpc) is 2.98. The second-order valence-electron chi connectivity index (χ2n) is 13.6. The van der Waals surface area contributed by atoms with Crippen molar-refractivity contribution in [1.29, 1.82) is 0 Å². The van der Waals surface area contributed by atoms with E-state index in [-0.39, 0.29) is 54.8 Å².